The van der Waals surface area contributed by atoms with Crippen LogP contribution in [0.3, 0.4) is 0 Å². The van der Waals surface area contributed by atoms with Gasteiger partial charge in [0, 0.05) is 25.4 Å². The lowest BCUT2D eigenvalue weighted by Crippen LogP contribution is -2.36. The molecule has 1 rings (SSSR count). The average molecular weight is 303 g/mol. The molecule has 0 aliphatic rings. The molecular weight excluding hydrogens is 283 g/mol. The zero-order valence-corrected chi connectivity index (χ0v) is 12.3. The number of aliphatic hydroxyl groups excluding tert-OH is 1. The monoisotopic (exact) mass is 302 g/mol. The predicted octanol–water partition coefficient (Wildman–Crippen LogP) is 3.50. The third kappa shape index (κ3) is 5.35. The van der Waals surface area contributed by atoms with Crippen molar-refractivity contribution in [3.63, 3.8) is 0 Å². The molecule has 0 saturated carbocycles. The predicted molar refractivity (Wildman–Crippen MR) is 78.6 cm³/mol. The summed E-state index contributed by atoms with van der Waals surface area (Å²) in [7, 11) is 0. The van der Waals surface area contributed by atoms with Gasteiger partial charge in [-0.05, 0) is 31.0 Å². The molecule has 0 spiro atoms. The minimum Gasteiger partial charge on any atom is -0.396 e. The Bertz CT molecular complexity index is 435. The second kappa shape index (κ2) is 8.76. The first-order chi connectivity index (χ1) is 9.58. The maximum atomic E-state index is 13.0. The number of halogens is 2. The number of hydrogen-bond donors (Lipinski definition) is 2. The number of anilines is 1. The minimum absolute atomic E-state index is 0.0294. The van der Waals surface area contributed by atoms with E-state index in [0.29, 0.717) is 25.2 Å². The maximum Gasteiger partial charge on any atom is 0.321 e. The number of carbonyl (C=O) groups excluding carboxylic acids is 1. The Balaban J connectivity index is 2.65. The van der Waals surface area contributed by atoms with E-state index >= 15 is 0 Å². The van der Waals surface area contributed by atoms with Crippen LogP contribution in [-0.4, -0.2) is 35.7 Å². The normalized spacial score (nSPS) is 10.4. The highest BCUT2D eigenvalue weighted by molar-refractivity contribution is 6.31. The molecule has 2 amide bonds. The van der Waals surface area contributed by atoms with Crippen LogP contribution in [0, 0.1) is 5.82 Å². The lowest BCUT2D eigenvalue weighted by molar-refractivity contribution is 0.201. The number of rotatable bonds is 7. The number of amides is 2. The fourth-order valence-electron chi connectivity index (χ4n) is 1.70. The Kier molecular flexibility index (Phi) is 7.33. The van der Waals surface area contributed by atoms with Crippen molar-refractivity contribution in [2.24, 2.45) is 0 Å². The van der Waals surface area contributed by atoms with E-state index in [1.807, 2.05) is 6.92 Å². The second-order valence-electron chi connectivity index (χ2n) is 4.48. The number of benzene rings is 1. The van der Waals surface area contributed by atoms with Gasteiger partial charge in [-0.15, -0.1) is 0 Å². The molecule has 6 heteroatoms. The van der Waals surface area contributed by atoms with Crippen molar-refractivity contribution in [3.05, 3.63) is 29.0 Å². The zero-order valence-electron chi connectivity index (χ0n) is 11.5. The van der Waals surface area contributed by atoms with Crippen LogP contribution in [0.5, 0.6) is 0 Å². The standard InChI is InChI=1S/C14H20ClFN2O2/c1-2-3-7-18(8-4-9-19)14(20)17-11-5-6-13(16)12(15)10-11/h5-6,10,19H,2-4,7-9H2,1H3,(H,17,20). The summed E-state index contributed by atoms with van der Waals surface area (Å²) in [5.74, 6) is -0.521. The fraction of sp³-hybridized carbons (Fsp3) is 0.500. The number of nitrogens with zero attached hydrogens (tertiary/aromatic N) is 1. The Hall–Kier alpha value is -1.33. The van der Waals surface area contributed by atoms with Gasteiger partial charge in [-0.2, -0.15) is 0 Å². The molecule has 2 N–H and O–H groups in total. The van der Waals surface area contributed by atoms with Crippen LogP contribution in [0.4, 0.5) is 14.9 Å². The van der Waals surface area contributed by atoms with Crippen LogP contribution < -0.4 is 5.32 Å². The molecule has 0 bridgehead atoms. The highest BCUT2D eigenvalue weighted by Crippen LogP contribution is 2.19. The van der Waals surface area contributed by atoms with Gasteiger partial charge in [0.25, 0.3) is 0 Å². The molecule has 0 fully saturated rings. The van der Waals surface area contributed by atoms with Crippen molar-refractivity contribution in [3.8, 4) is 0 Å². The van der Waals surface area contributed by atoms with Gasteiger partial charge >= 0.3 is 6.03 Å². The molecule has 1 aromatic carbocycles. The number of hydrogen-bond acceptors (Lipinski definition) is 2. The summed E-state index contributed by atoms with van der Waals surface area (Å²) >= 11 is 5.67. The number of unbranched alkanes of at least 4 members (excludes halogenated alkanes) is 1. The topological polar surface area (TPSA) is 52.6 Å². The minimum atomic E-state index is -0.521. The highest BCUT2D eigenvalue weighted by Gasteiger charge is 2.13. The molecule has 112 valence electrons. The Labute approximate surface area is 123 Å². The first-order valence-electron chi connectivity index (χ1n) is 6.70. The van der Waals surface area contributed by atoms with E-state index in [9.17, 15) is 9.18 Å². The molecular formula is C14H20ClFN2O2. The van der Waals surface area contributed by atoms with Crippen molar-refractivity contribution in [2.75, 3.05) is 25.0 Å². The van der Waals surface area contributed by atoms with Crippen molar-refractivity contribution in [1.82, 2.24) is 4.90 Å². The van der Waals surface area contributed by atoms with Crippen LogP contribution in [0.2, 0.25) is 5.02 Å². The van der Waals surface area contributed by atoms with E-state index < -0.39 is 5.82 Å². The molecule has 0 radical (unpaired) electrons. The number of urea groups is 1. The molecule has 20 heavy (non-hydrogen) atoms. The van der Waals surface area contributed by atoms with E-state index in [0.717, 1.165) is 12.8 Å². The molecule has 0 saturated heterocycles. The summed E-state index contributed by atoms with van der Waals surface area (Å²) in [6, 6.07) is 3.78. The summed E-state index contributed by atoms with van der Waals surface area (Å²) in [5.41, 5.74) is 0.451. The SMILES string of the molecule is CCCCN(CCCO)C(=O)Nc1ccc(F)c(Cl)c1. The van der Waals surface area contributed by atoms with Gasteiger partial charge in [-0.25, -0.2) is 9.18 Å². The number of nitrogens with one attached hydrogen (secondary N) is 1. The molecule has 0 aliphatic carbocycles. The molecule has 0 atom stereocenters. The van der Waals surface area contributed by atoms with Crippen LogP contribution in [0.15, 0.2) is 18.2 Å². The van der Waals surface area contributed by atoms with Crippen molar-refractivity contribution in [2.45, 2.75) is 26.2 Å². The van der Waals surface area contributed by atoms with Gasteiger partial charge in [0.05, 0.1) is 5.02 Å². The summed E-state index contributed by atoms with van der Waals surface area (Å²) in [5, 5.41) is 11.5. The first-order valence-corrected chi connectivity index (χ1v) is 7.08. The Morgan fingerprint density at radius 1 is 1.40 bits per heavy atom. The van der Waals surface area contributed by atoms with Crippen molar-refractivity contribution >= 4 is 23.3 Å². The third-order valence-electron chi connectivity index (χ3n) is 2.83. The van der Waals surface area contributed by atoms with Gasteiger partial charge in [-0.3, -0.25) is 0 Å². The van der Waals surface area contributed by atoms with Gasteiger partial charge in [0.15, 0.2) is 0 Å². The third-order valence-corrected chi connectivity index (χ3v) is 3.12. The zero-order chi connectivity index (χ0) is 15.0. The van der Waals surface area contributed by atoms with Crippen molar-refractivity contribution in [1.29, 1.82) is 0 Å². The van der Waals surface area contributed by atoms with Gasteiger partial charge in [0.1, 0.15) is 5.82 Å². The van der Waals surface area contributed by atoms with E-state index in [4.69, 9.17) is 16.7 Å². The highest BCUT2D eigenvalue weighted by atomic mass is 35.5. The molecule has 0 unspecified atom stereocenters. The van der Waals surface area contributed by atoms with Crippen LogP contribution in [0.1, 0.15) is 26.2 Å². The Morgan fingerprint density at radius 3 is 2.70 bits per heavy atom. The van der Waals surface area contributed by atoms with E-state index in [-0.39, 0.29) is 17.7 Å². The van der Waals surface area contributed by atoms with E-state index in [2.05, 4.69) is 5.32 Å². The van der Waals surface area contributed by atoms with Crippen LogP contribution in [0.25, 0.3) is 0 Å². The summed E-state index contributed by atoms with van der Waals surface area (Å²) < 4.78 is 13.0. The molecule has 1 aromatic rings. The number of aliphatic hydroxyl groups is 1. The Morgan fingerprint density at radius 2 is 2.10 bits per heavy atom. The quantitative estimate of drug-likeness (QED) is 0.810. The number of carbonyl (C=O) groups is 1. The molecule has 0 aromatic heterocycles. The summed E-state index contributed by atoms with van der Waals surface area (Å²) in [6.45, 7) is 3.19. The van der Waals surface area contributed by atoms with Crippen LogP contribution in [-0.2, 0) is 0 Å². The fourth-order valence-corrected chi connectivity index (χ4v) is 1.88. The molecule has 0 aliphatic heterocycles. The van der Waals surface area contributed by atoms with E-state index in [1.165, 1.54) is 18.2 Å². The second-order valence-corrected chi connectivity index (χ2v) is 4.88. The van der Waals surface area contributed by atoms with E-state index in [1.54, 1.807) is 4.90 Å². The lowest BCUT2D eigenvalue weighted by atomic mass is 10.3. The van der Waals surface area contributed by atoms with Crippen molar-refractivity contribution < 1.29 is 14.3 Å². The summed E-state index contributed by atoms with van der Waals surface area (Å²) in [4.78, 5) is 13.8. The lowest BCUT2D eigenvalue weighted by Gasteiger charge is -2.22. The first kappa shape index (κ1) is 16.7. The largest absolute Gasteiger partial charge is 0.396 e. The van der Waals surface area contributed by atoms with Gasteiger partial charge < -0.3 is 15.3 Å². The maximum absolute atomic E-state index is 13.0. The smallest absolute Gasteiger partial charge is 0.321 e. The summed E-state index contributed by atoms with van der Waals surface area (Å²) in [6.07, 6.45) is 2.40. The van der Waals surface area contributed by atoms with Crippen LogP contribution >= 0.6 is 11.6 Å². The molecule has 0 heterocycles. The average Bonchev–Trinajstić information content (AvgIpc) is 2.43. The molecule has 4 nitrogen and oxygen atoms in total. The van der Waals surface area contributed by atoms with Gasteiger partial charge in [-0.1, -0.05) is 24.9 Å². The van der Waals surface area contributed by atoms with Gasteiger partial charge in [0.2, 0.25) is 0 Å².